The predicted octanol–water partition coefficient (Wildman–Crippen LogP) is 0.946. The van der Waals surface area contributed by atoms with Crippen molar-refractivity contribution in [2.45, 2.75) is 37.9 Å². The molecule has 0 aliphatic rings. The number of carboxylic acid groups (broad SMARTS) is 2. The van der Waals surface area contributed by atoms with Gasteiger partial charge in [0.1, 0.15) is 6.04 Å². The first kappa shape index (κ1) is 18.0. The molecule has 116 valence electrons. The fourth-order valence-electron chi connectivity index (χ4n) is 1.24. The van der Waals surface area contributed by atoms with E-state index in [2.05, 4.69) is 5.32 Å². The van der Waals surface area contributed by atoms with Gasteiger partial charge in [-0.2, -0.15) is 13.2 Å². The number of alkyl halides is 3. The highest BCUT2D eigenvalue weighted by atomic mass is 19.4. The van der Waals surface area contributed by atoms with E-state index in [9.17, 15) is 27.6 Å². The summed E-state index contributed by atoms with van der Waals surface area (Å²) in [6.45, 7) is -0.0681. The molecule has 10 heteroatoms. The Morgan fingerprint density at radius 1 is 1.10 bits per heavy atom. The summed E-state index contributed by atoms with van der Waals surface area (Å²) in [7, 11) is 0. The molecule has 0 unspecified atom stereocenters. The van der Waals surface area contributed by atoms with Crippen LogP contribution in [0.4, 0.5) is 18.0 Å². The SMILES string of the molecule is O=C(O)C[C@@H](NC(=O)NCCCCC(F)(F)F)C(=O)O. The van der Waals surface area contributed by atoms with Crippen molar-refractivity contribution in [3.63, 3.8) is 0 Å². The number of halogens is 3. The molecular formula is C10H15F3N2O5. The average molecular weight is 300 g/mol. The van der Waals surface area contributed by atoms with Crippen LogP contribution in [0.3, 0.4) is 0 Å². The molecule has 0 aromatic carbocycles. The van der Waals surface area contributed by atoms with E-state index in [1.807, 2.05) is 5.32 Å². The topological polar surface area (TPSA) is 116 Å². The molecule has 0 saturated carbocycles. The summed E-state index contributed by atoms with van der Waals surface area (Å²) >= 11 is 0. The summed E-state index contributed by atoms with van der Waals surface area (Å²) in [6, 6.07) is -2.53. The molecule has 4 N–H and O–H groups in total. The molecule has 0 aliphatic heterocycles. The number of rotatable bonds is 8. The first-order valence-corrected chi connectivity index (χ1v) is 5.67. The van der Waals surface area contributed by atoms with Gasteiger partial charge in [0, 0.05) is 13.0 Å². The maximum Gasteiger partial charge on any atom is 0.389 e. The third-order valence-corrected chi connectivity index (χ3v) is 2.15. The maximum absolute atomic E-state index is 11.8. The summed E-state index contributed by atoms with van der Waals surface area (Å²) < 4.78 is 35.4. The van der Waals surface area contributed by atoms with Gasteiger partial charge in [0.25, 0.3) is 0 Å². The molecule has 0 spiro atoms. The second-order valence-corrected chi connectivity index (χ2v) is 3.96. The Balaban J connectivity index is 3.91. The molecule has 0 heterocycles. The molecule has 2 amide bonds. The van der Waals surface area contributed by atoms with Crippen LogP contribution in [0.5, 0.6) is 0 Å². The summed E-state index contributed by atoms with van der Waals surface area (Å²) in [5.74, 6) is -2.91. The number of hydrogen-bond acceptors (Lipinski definition) is 3. The van der Waals surface area contributed by atoms with Crippen molar-refractivity contribution in [3.8, 4) is 0 Å². The molecule has 7 nitrogen and oxygen atoms in total. The lowest BCUT2D eigenvalue weighted by Crippen LogP contribution is -2.47. The highest BCUT2D eigenvalue weighted by molar-refractivity contribution is 5.86. The Bertz CT molecular complexity index is 359. The van der Waals surface area contributed by atoms with Crippen LogP contribution in [-0.2, 0) is 9.59 Å². The molecule has 1 atom stereocenters. The number of amides is 2. The van der Waals surface area contributed by atoms with Crippen molar-refractivity contribution in [2.75, 3.05) is 6.54 Å². The second kappa shape index (κ2) is 8.23. The fourth-order valence-corrected chi connectivity index (χ4v) is 1.24. The molecular weight excluding hydrogens is 285 g/mol. The number of unbranched alkanes of at least 4 members (excludes halogenated alkanes) is 1. The summed E-state index contributed by atoms with van der Waals surface area (Å²) in [6.07, 6.45) is -6.10. The molecule has 0 fully saturated rings. The van der Waals surface area contributed by atoms with E-state index in [0.29, 0.717) is 0 Å². The predicted molar refractivity (Wildman–Crippen MR) is 60.1 cm³/mol. The van der Waals surface area contributed by atoms with Crippen LogP contribution in [0.25, 0.3) is 0 Å². The Kier molecular flexibility index (Phi) is 7.40. The van der Waals surface area contributed by atoms with E-state index in [0.717, 1.165) is 0 Å². The number of hydrogen-bond donors (Lipinski definition) is 4. The first-order valence-electron chi connectivity index (χ1n) is 5.67. The van der Waals surface area contributed by atoms with Crippen molar-refractivity contribution in [2.24, 2.45) is 0 Å². The van der Waals surface area contributed by atoms with Gasteiger partial charge in [0.2, 0.25) is 0 Å². The lowest BCUT2D eigenvalue weighted by Gasteiger charge is -2.13. The third kappa shape index (κ3) is 9.97. The van der Waals surface area contributed by atoms with Crippen LogP contribution >= 0.6 is 0 Å². The first-order chi connectivity index (χ1) is 9.11. The van der Waals surface area contributed by atoms with Gasteiger partial charge in [-0.05, 0) is 12.8 Å². The van der Waals surface area contributed by atoms with Crippen molar-refractivity contribution >= 4 is 18.0 Å². The minimum atomic E-state index is -4.25. The zero-order valence-corrected chi connectivity index (χ0v) is 10.4. The lowest BCUT2D eigenvalue weighted by atomic mass is 10.2. The van der Waals surface area contributed by atoms with Crippen LogP contribution < -0.4 is 10.6 Å². The van der Waals surface area contributed by atoms with Crippen molar-refractivity contribution in [3.05, 3.63) is 0 Å². The molecule has 20 heavy (non-hydrogen) atoms. The van der Waals surface area contributed by atoms with E-state index in [1.165, 1.54) is 0 Å². The van der Waals surface area contributed by atoms with Crippen molar-refractivity contribution in [1.29, 1.82) is 0 Å². The van der Waals surface area contributed by atoms with Crippen LogP contribution in [0.15, 0.2) is 0 Å². The molecule has 0 aromatic heterocycles. The number of carboxylic acids is 2. The Morgan fingerprint density at radius 3 is 2.15 bits per heavy atom. The third-order valence-electron chi connectivity index (χ3n) is 2.15. The number of nitrogens with one attached hydrogen (secondary N) is 2. The smallest absolute Gasteiger partial charge is 0.389 e. The van der Waals surface area contributed by atoms with E-state index < -0.39 is 43.0 Å². The molecule has 0 aliphatic carbocycles. The highest BCUT2D eigenvalue weighted by Gasteiger charge is 2.26. The Labute approximate surface area is 112 Å². The zero-order chi connectivity index (χ0) is 15.8. The molecule has 0 radical (unpaired) electrons. The van der Waals surface area contributed by atoms with Gasteiger partial charge >= 0.3 is 24.1 Å². The van der Waals surface area contributed by atoms with Crippen molar-refractivity contribution < 1.29 is 37.8 Å². The molecule has 0 aromatic rings. The number of urea groups is 1. The normalized spacial score (nSPS) is 12.6. The Morgan fingerprint density at radius 2 is 1.70 bits per heavy atom. The summed E-state index contributed by atoms with van der Waals surface area (Å²) in [4.78, 5) is 32.2. The lowest BCUT2D eigenvalue weighted by molar-refractivity contribution is -0.145. The van der Waals surface area contributed by atoms with Gasteiger partial charge in [-0.3, -0.25) is 4.79 Å². The van der Waals surface area contributed by atoms with Crippen LogP contribution in [0, 0.1) is 0 Å². The highest BCUT2D eigenvalue weighted by Crippen LogP contribution is 2.21. The van der Waals surface area contributed by atoms with Crippen LogP contribution in [0.2, 0.25) is 0 Å². The largest absolute Gasteiger partial charge is 0.481 e. The van der Waals surface area contributed by atoms with Crippen molar-refractivity contribution in [1.82, 2.24) is 10.6 Å². The van der Waals surface area contributed by atoms with Gasteiger partial charge in [-0.1, -0.05) is 0 Å². The Hall–Kier alpha value is -2.00. The van der Waals surface area contributed by atoms with Gasteiger partial charge < -0.3 is 20.8 Å². The standard InChI is InChI=1S/C10H15F3N2O5/c11-10(12,13)3-1-2-4-14-9(20)15-6(8(18)19)5-7(16)17/h6H,1-5H2,(H,16,17)(H,18,19)(H2,14,15,20)/t6-/m1/s1. The van der Waals surface area contributed by atoms with E-state index in [1.54, 1.807) is 0 Å². The van der Waals surface area contributed by atoms with Crippen LogP contribution in [0.1, 0.15) is 25.7 Å². The average Bonchev–Trinajstić information content (AvgIpc) is 2.25. The van der Waals surface area contributed by atoms with Gasteiger partial charge in [0.05, 0.1) is 6.42 Å². The summed E-state index contributed by atoms with van der Waals surface area (Å²) in [5, 5.41) is 21.1. The number of aliphatic carboxylic acids is 2. The maximum atomic E-state index is 11.8. The van der Waals surface area contributed by atoms with E-state index in [4.69, 9.17) is 10.2 Å². The fraction of sp³-hybridized carbons (Fsp3) is 0.700. The monoisotopic (exact) mass is 300 g/mol. The summed E-state index contributed by atoms with van der Waals surface area (Å²) in [5.41, 5.74) is 0. The second-order valence-electron chi connectivity index (χ2n) is 3.96. The van der Waals surface area contributed by atoms with E-state index in [-0.39, 0.29) is 19.4 Å². The van der Waals surface area contributed by atoms with E-state index >= 15 is 0 Å². The molecule has 0 saturated heterocycles. The minimum absolute atomic E-state index is 0.0681. The van der Waals surface area contributed by atoms with Gasteiger partial charge in [-0.15, -0.1) is 0 Å². The van der Waals surface area contributed by atoms with Crippen LogP contribution in [-0.4, -0.2) is 46.9 Å². The number of carbonyl (C=O) groups is 3. The molecule has 0 rings (SSSR count). The van der Waals surface area contributed by atoms with Gasteiger partial charge in [0.15, 0.2) is 0 Å². The molecule has 0 bridgehead atoms. The van der Waals surface area contributed by atoms with Gasteiger partial charge in [-0.25, -0.2) is 9.59 Å². The minimum Gasteiger partial charge on any atom is -0.481 e. The zero-order valence-electron chi connectivity index (χ0n) is 10.4. The quantitative estimate of drug-likeness (QED) is 0.498. The number of carbonyl (C=O) groups excluding carboxylic acids is 1.